The predicted molar refractivity (Wildman–Crippen MR) is 78.6 cm³/mol. The highest BCUT2D eigenvalue weighted by Gasteiger charge is 2.16. The van der Waals surface area contributed by atoms with Gasteiger partial charge in [-0.1, -0.05) is 30.3 Å². The van der Waals surface area contributed by atoms with Crippen molar-refractivity contribution in [3.8, 4) is 0 Å². The van der Waals surface area contributed by atoms with E-state index in [1.165, 1.54) is 5.56 Å². The van der Waals surface area contributed by atoms with Gasteiger partial charge >= 0.3 is 6.09 Å². The fourth-order valence-electron chi connectivity index (χ4n) is 1.71. The van der Waals surface area contributed by atoms with Gasteiger partial charge in [-0.15, -0.1) is 0 Å². The molecule has 4 nitrogen and oxygen atoms in total. The van der Waals surface area contributed by atoms with Gasteiger partial charge in [0, 0.05) is 6.42 Å². The van der Waals surface area contributed by atoms with Crippen LogP contribution in [-0.4, -0.2) is 24.0 Å². The molecule has 0 aliphatic carbocycles. The van der Waals surface area contributed by atoms with Crippen molar-refractivity contribution in [2.75, 3.05) is 6.54 Å². The van der Waals surface area contributed by atoms with Crippen molar-refractivity contribution in [1.82, 2.24) is 5.32 Å². The molecule has 0 radical (unpaired) electrons. The van der Waals surface area contributed by atoms with E-state index < -0.39 is 11.7 Å². The normalized spacial score (nSPS) is 10.9. The molecule has 20 heavy (non-hydrogen) atoms. The summed E-state index contributed by atoms with van der Waals surface area (Å²) in [7, 11) is 0. The van der Waals surface area contributed by atoms with E-state index in [0.29, 0.717) is 6.42 Å². The molecule has 0 saturated carbocycles. The van der Waals surface area contributed by atoms with Crippen molar-refractivity contribution in [2.45, 2.75) is 45.6 Å². The quantitative estimate of drug-likeness (QED) is 0.869. The van der Waals surface area contributed by atoms with Gasteiger partial charge in [0.15, 0.2) is 5.78 Å². The van der Waals surface area contributed by atoms with Crippen molar-refractivity contribution < 1.29 is 14.3 Å². The standard InChI is InChI=1S/C16H23NO3/c1-16(2,3)20-15(19)17-12-14(18)11-7-10-13-8-5-4-6-9-13/h4-6,8-9H,7,10-12H2,1-3H3,(H,17,19). The molecule has 0 aliphatic heterocycles. The number of hydrogen-bond donors (Lipinski definition) is 1. The van der Waals surface area contributed by atoms with Crippen LogP contribution in [0, 0.1) is 0 Å². The lowest BCUT2D eigenvalue weighted by molar-refractivity contribution is -0.118. The highest BCUT2D eigenvalue weighted by molar-refractivity contribution is 5.83. The molecule has 0 fully saturated rings. The molecule has 0 heterocycles. The fraction of sp³-hybridized carbons (Fsp3) is 0.500. The second-order valence-electron chi connectivity index (χ2n) is 5.73. The van der Waals surface area contributed by atoms with Gasteiger partial charge in [0.25, 0.3) is 0 Å². The molecule has 0 spiro atoms. The number of benzene rings is 1. The first-order valence-corrected chi connectivity index (χ1v) is 6.89. The lowest BCUT2D eigenvalue weighted by atomic mass is 10.1. The Bertz CT molecular complexity index is 435. The maximum absolute atomic E-state index is 11.6. The summed E-state index contributed by atoms with van der Waals surface area (Å²) in [5.41, 5.74) is 0.681. The molecule has 1 amide bonds. The van der Waals surface area contributed by atoms with E-state index in [9.17, 15) is 9.59 Å². The van der Waals surface area contributed by atoms with Gasteiger partial charge in [0.1, 0.15) is 5.60 Å². The Hall–Kier alpha value is -1.84. The molecule has 0 aliphatic rings. The molecule has 0 atom stereocenters. The number of Topliss-reactive ketones (excluding diaryl/α,β-unsaturated/α-hetero) is 1. The minimum Gasteiger partial charge on any atom is -0.444 e. The largest absolute Gasteiger partial charge is 0.444 e. The SMILES string of the molecule is CC(C)(C)OC(=O)NCC(=O)CCCc1ccccc1. The van der Waals surface area contributed by atoms with Crippen LogP contribution >= 0.6 is 0 Å². The molecule has 0 saturated heterocycles. The Morgan fingerprint density at radius 3 is 2.40 bits per heavy atom. The average Bonchev–Trinajstić information content (AvgIpc) is 2.36. The topological polar surface area (TPSA) is 55.4 Å². The van der Waals surface area contributed by atoms with Gasteiger partial charge in [0.2, 0.25) is 0 Å². The summed E-state index contributed by atoms with van der Waals surface area (Å²) in [6.07, 6.45) is 1.58. The van der Waals surface area contributed by atoms with E-state index in [1.807, 2.05) is 30.3 Å². The first-order valence-electron chi connectivity index (χ1n) is 6.89. The molecule has 0 bridgehead atoms. The Morgan fingerprint density at radius 1 is 1.15 bits per heavy atom. The van der Waals surface area contributed by atoms with Gasteiger partial charge in [-0.25, -0.2) is 4.79 Å². The molecule has 0 unspecified atom stereocenters. The monoisotopic (exact) mass is 277 g/mol. The summed E-state index contributed by atoms with van der Waals surface area (Å²) in [5.74, 6) is 0.0202. The summed E-state index contributed by atoms with van der Waals surface area (Å²) >= 11 is 0. The zero-order valence-electron chi connectivity index (χ0n) is 12.4. The van der Waals surface area contributed by atoms with Gasteiger partial charge in [-0.3, -0.25) is 4.79 Å². The average molecular weight is 277 g/mol. The number of hydrogen-bond acceptors (Lipinski definition) is 3. The van der Waals surface area contributed by atoms with E-state index in [2.05, 4.69) is 5.32 Å². The Labute approximate surface area is 120 Å². The molecule has 4 heteroatoms. The van der Waals surface area contributed by atoms with Gasteiger partial charge in [0.05, 0.1) is 6.54 Å². The highest BCUT2D eigenvalue weighted by Crippen LogP contribution is 2.07. The first kappa shape index (κ1) is 16.2. The number of nitrogens with one attached hydrogen (secondary N) is 1. The Balaban J connectivity index is 2.16. The summed E-state index contributed by atoms with van der Waals surface area (Å²) in [4.78, 5) is 23.0. The molecule has 0 aromatic heterocycles. The Kier molecular flexibility index (Phi) is 6.22. The second-order valence-corrected chi connectivity index (χ2v) is 5.73. The van der Waals surface area contributed by atoms with E-state index in [-0.39, 0.29) is 12.3 Å². The number of carbonyl (C=O) groups is 2. The van der Waals surface area contributed by atoms with Crippen LogP contribution in [-0.2, 0) is 16.0 Å². The van der Waals surface area contributed by atoms with Crippen LogP contribution in [0.3, 0.4) is 0 Å². The number of amides is 1. The number of carbonyl (C=O) groups excluding carboxylic acids is 2. The maximum Gasteiger partial charge on any atom is 0.408 e. The lowest BCUT2D eigenvalue weighted by Crippen LogP contribution is -2.35. The smallest absolute Gasteiger partial charge is 0.408 e. The molecular weight excluding hydrogens is 254 g/mol. The van der Waals surface area contributed by atoms with Crippen LogP contribution in [0.2, 0.25) is 0 Å². The number of ketones is 1. The molecule has 110 valence electrons. The van der Waals surface area contributed by atoms with Crippen LogP contribution in [0.5, 0.6) is 0 Å². The van der Waals surface area contributed by atoms with Crippen molar-refractivity contribution in [1.29, 1.82) is 0 Å². The van der Waals surface area contributed by atoms with Crippen LogP contribution in [0.1, 0.15) is 39.2 Å². The number of aryl methyl sites for hydroxylation is 1. The van der Waals surface area contributed by atoms with E-state index in [0.717, 1.165) is 12.8 Å². The third kappa shape index (κ3) is 7.56. The second kappa shape index (κ2) is 7.68. The third-order valence-corrected chi connectivity index (χ3v) is 2.59. The van der Waals surface area contributed by atoms with Crippen molar-refractivity contribution in [3.63, 3.8) is 0 Å². The summed E-state index contributed by atoms with van der Waals surface area (Å²) in [6, 6.07) is 10.0. The Morgan fingerprint density at radius 2 is 1.80 bits per heavy atom. The predicted octanol–water partition coefficient (Wildman–Crippen LogP) is 3.10. The number of rotatable bonds is 6. The maximum atomic E-state index is 11.6. The van der Waals surface area contributed by atoms with E-state index >= 15 is 0 Å². The first-order chi connectivity index (χ1) is 9.37. The zero-order valence-corrected chi connectivity index (χ0v) is 12.4. The van der Waals surface area contributed by atoms with Gasteiger partial charge in [-0.05, 0) is 39.2 Å². The minimum atomic E-state index is -0.547. The molecule has 1 aromatic rings. The van der Waals surface area contributed by atoms with Crippen LogP contribution < -0.4 is 5.32 Å². The van der Waals surface area contributed by atoms with Crippen LogP contribution in [0.25, 0.3) is 0 Å². The van der Waals surface area contributed by atoms with E-state index in [4.69, 9.17) is 4.74 Å². The van der Waals surface area contributed by atoms with Gasteiger partial charge in [-0.2, -0.15) is 0 Å². The van der Waals surface area contributed by atoms with Gasteiger partial charge < -0.3 is 10.1 Å². The van der Waals surface area contributed by atoms with Crippen molar-refractivity contribution >= 4 is 11.9 Å². The number of ether oxygens (including phenoxy) is 1. The lowest BCUT2D eigenvalue weighted by Gasteiger charge is -2.19. The summed E-state index contributed by atoms with van der Waals surface area (Å²) in [5, 5.41) is 2.48. The molecule has 1 aromatic carbocycles. The van der Waals surface area contributed by atoms with E-state index in [1.54, 1.807) is 20.8 Å². The van der Waals surface area contributed by atoms with Crippen LogP contribution in [0.4, 0.5) is 4.79 Å². The van der Waals surface area contributed by atoms with Crippen LogP contribution in [0.15, 0.2) is 30.3 Å². The molecule has 1 rings (SSSR count). The zero-order chi connectivity index (χ0) is 15.0. The fourth-order valence-corrected chi connectivity index (χ4v) is 1.71. The van der Waals surface area contributed by atoms with Crippen molar-refractivity contribution in [3.05, 3.63) is 35.9 Å². The van der Waals surface area contributed by atoms with Crippen molar-refractivity contribution in [2.24, 2.45) is 0 Å². The summed E-state index contributed by atoms with van der Waals surface area (Å²) in [6.45, 7) is 5.39. The molecule has 1 N–H and O–H groups in total. The summed E-state index contributed by atoms with van der Waals surface area (Å²) < 4.78 is 5.06. The minimum absolute atomic E-state index is 0.0202. The number of alkyl carbamates (subject to hydrolysis) is 1. The third-order valence-electron chi connectivity index (χ3n) is 2.59. The molecular formula is C16H23NO3. The highest BCUT2D eigenvalue weighted by atomic mass is 16.6.